The van der Waals surface area contributed by atoms with Crippen LogP contribution in [-0.2, 0) is 0 Å². The average molecular weight is 479 g/mol. The highest BCUT2D eigenvalue weighted by atomic mass is 32.2. The Morgan fingerprint density at radius 1 is 0.879 bits per heavy atom. The molecule has 3 aromatic rings. The van der Waals surface area contributed by atoms with E-state index in [1.165, 1.54) is 91.7 Å². The molecule has 33 heavy (non-hydrogen) atoms. The maximum absolute atomic E-state index is 4.86. The first kappa shape index (κ1) is 21.8. The number of aromatic nitrogens is 1. The van der Waals surface area contributed by atoms with Gasteiger partial charge < -0.3 is 14.7 Å². The van der Waals surface area contributed by atoms with Crippen molar-refractivity contribution in [1.29, 1.82) is 0 Å². The normalized spacial score (nSPS) is 20.6. The van der Waals surface area contributed by atoms with E-state index in [-0.39, 0.29) is 0 Å². The highest BCUT2D eigenvalue weighted by Crippen LogP contribution is 2.41. The number of nitrogens with zero attached hydrogens (tertiary/aromatic N) is 4. The molecule has 0 aliphatic carbocycles. The first-order chi connectivity index (χ1) is 16.3. The van der Waals surface area contributed by atoms with E-state index >= 15 is 0 Å². The van der Waals surface area contributed by atoms with Crippen molar-refractivity contribution < 1.29 is 0 Å². The molecule has 4 nitrogen and oxygen atoms in total. The molecule has 6 heteroatoms. The van der Waals surface area contributed by atoms with E-state index < -0.39 is 0 Å². The third-order valence-electron chi connectivity index (χ3n) is 7.79. The Kier molecular flexibility index (Phi) is 6.49. The van der Waals surface area contributed by atoms with Gasteiger partial charge >= 0.3 is 0 Å². The van der Waals surface area contributed by atoms with E-state index in [0.717, 1.165) is 23.4 Å². The van der Waals surface area contributed by atoms with Crippen LogP contribution >= 0.6 is 23.1 Å². The van der Waals surface area contributed by atoms with Gasteiger partial charge in [0.25, 0.3) is 0 Å². The monoisotopic (exact) mass is 478 g/mol. The quantitative estimate of drug-likeness (QED) is 0.412. The molecule has 0 bridgehead atoms. The Labute approximate surface area is 206 Å². The number of hydrogen-bond acceptors (Lipinski definition) is 6. The molecule has 1 aromatic heterocycles. The van der Waals surface area contributed by atoms with Crippen molar-refractivity contribution in [2.24, 2.45) is 5.92 Å². The Morgan fingerprint density at radius 3 is 2.52 bits per heavy atom. The lowest BCUT2D eigenvalue weighted by Crippen LogP contribution is -2.44. The van der Waals surface area contributed by atoms with Gasteiger partial charge in [-0.2, -0.15) is 0 Å². The number of benzene rings is 2. The van der Waals surface area contributed by atoms with Crippen molar-refractivity contribution in [1.82, 2.24) is 9.88 Å². The number of likely N-dealkylation sites (tertiary alicyclic amines) is 1. The summed E-state index contributed by atoms with van der Waals surface area (Å²) in [6.07, 6.45) is 8.03. The van der Waals surface area contributed by atoms with Crippen molar-refractivity contribution in [3.8, 4) is 0 Å². The van der Waals surface area contributed by atoms with Gasteiger partial charge in [-0.3, -0.25) is 0 Å². The van der Waals surface area contributed by atoms with E-state index in [1.54, 1.807) is 0 Å². The predicted octanol–water partition coefficient (Wildman–Crippen LogP) is 6.33. The maximum Gasteiger partial charge on any atom is 0.186 e. The number of thioether (sulfide) groups is 1. The summed E-state index contributed by atoms with van der Waals surface area (Å²) in [4.78, 5) is 14.2. The maximum atomic E-state index is 4.86. The van der Waals surface area contributed by atoms with Crippen LogP contribution in [-0.4, -0.2) is 54.5 Å². The van der Waals surface area contributed by atoms with Crippen LogP contribution in [0.2, 0.25) is 0 Å². The van der Waals surface area contributed by atoms with Gasteiger partial charge in [-0.25, -0.2) is 4.98 Å². The summed E-state index contributed by atoms with van der Waals surface area (Å²) in [5.41, 5.74) is 2.62. The SMILES string of the molecule is c1ccc2c(c1)SCN2C1CCN(CCCC2CCN(c3nc4ccccc4s3)CC2)CC1. The summed E-state index contributed by atoms with van der Waals surface area (Å²) in [7, 11) is 0. The van der Waals surface area contributed by atoms with Crippen LogP contribution in [0.15, 0.2) is 53.4 Å². The van der Waals surface area contributed by atoms with Gasteiger partial charge in [0.1, 0.15) is 0 Å². The van der Waals surface area contributed by atoms with E-state index in [4.69, 9.17) is 4.98 Å². The van der Waals surface area contributed by atoms with E-state index in [1.807, 2.05) is 23.1 Å². The molecule has 0 unspecified atom stereocenters. The molecule has 3 aliphatic rings. The molecule has 0 radical (unpaired) electrons. The summed E-state index contributed by atoms with van der Waals surface area (Å²) in [5, 5.41) is 1.22. The largest absolute Gasteiger partial charge is 0.358 e. The van der Waals surface area contributed by atoms with Crippen molar-refractivity contribution in [3.63, 3.8) is 0 Å². The topological polar surface area (TPSA) is 22.6 Å². The summed E-state index contributed by atoms with van der Waals surface area (Å²) in [5.74, 6) is 2.03. The van der Waals surface area contributed by atoms with E-state index in [9.17, 15) is 0 Å². The fourth-order valence-electron chi connectivity index (χ4n) is 5.79. The number of para-hydroxylation sites is 2. The van der Waals surface area contributed by atoms with E-state index in [0.29, 0.717) is 0 Å². The fourth-order valence-corrected chi connectivity index (χ4v) is 7.95. The number of piperidine rings is 2. The lowest BCUT2D eigenvalue weighted by molar-refractivity contribution is 0.201. The smallest absolute Gasteiger partial charge is 0.186 e. The van der Waals surface area contributed by atoms with Crippen molar-refractivity contribution in [2.75, 3.05) is 48.4 Å². The second-order valence-electron chi connectivity index (χ2n) is 9.82. The van der Waals surface area contributed by atoms with Crippen LogP contribution in [0.1, 0.15) is 38.5 Å². The van der Waals surface area contributed by atoms with Gasteiger partial charge in [0.05, 0.1) is 21.8 Å². The summed E-state index contributed by atoms with van der Waals surface area (Å²) < 4.78 is 1.31. The van der Waals surface area contributed by atoms with Gasteiger partial charge in [0.2, 0.25) is 0 Å². The molecular weight excluding hydrogens is 444 g/mol. The summed E-state index contributed by atoms with van der Waals surface area (Å²) in [6, 6.07) is 18.2. The Hall–Kier alpha value is -1.76. The number of fused-ring (bicyclic) bond motifs is 2. The minimum absolute atomic E-state index is 0.726. The van der Waals surface area contributed by atoms with Crippen molar-refractivity contribution in [3.05, 3.63) is 48.5 Å². The van der Waals surface area contributed by atoms with Crippen LogP contribution in [0.25, 0.3) is 10.2 Å². The average Bonchev–Trinajstić information content (AvgIpc) is 3.50. The van der Waals surface area contributed by atoms with Crippen LogP contribution in [0.3, 0.4) is 0 Å². The highest BCUT2D eigenvalue weighted by molar-refractivity contribution is 7.99. The molecule has 0 N–H and O–H groups in total. The first-order valence-electron chi connectivity index (χ1n) is 12.6. The number of hydrogen-bond donors (Lipinski definition) is 0. The first-order valence-corrected chi connectivity index (χ1v) is 14.4. The Morgan fingerprint density at radius 2 is 1.67 bits per heavy atom. The van der Waals surface area contributed by atoms with E-state index in [2.05, 4.69) is 63.2 Å². The third-order valence-corrected chi connectivity index (χ3v) is 9.95. The van der Waals surface area contributed by atoms with Gasteiger partial charge in [0.15, 0.2) is 5.13 Å². The van der Waals surface area contributed by atoms with Crippen LogP contribution in [0.5, 0.6) is 0 Å². The number of rotatable bonds is 6. The number of thiazole rings is 1. The molecule has 2 fully saturated rings. The molecule has 0 atom stereocenters. The molecule has 0 amide bonds. The minimum Gasteiger partial charge on any atom is -0.358 e. The summed E-state index contributed by atoms with van der Waals surface area (Å²) >= 11 is 3.86. The van der Waals surface area contributed by atoms with Crippen LogP contribution < -0.4 is 9.80 Å². The fraction of sp³-hybridized carbons (Fsp3) is 0.519. The molecule has 2 saturated heterocycles. The third kappa shape index (κ3) is 4.75. The second-order valence-corrected chi connectivity index (χ2v) is 11.8. The molecule has 3 aliphatic heterocycles. The van der Waals surface area contributed by atoms with Crippen LogP contribution in [0.4, 0.5) is 10.8 Å². The second kappa shape index (κ2) is 9.85. The minimum atomic E-state index is 0.726. The number of anilines is 2. The van der Waals surface area contributed by atoms with Crippen molar-refractivity contribution in [2.45, 2.75) is 49.5 Å². The molecule has 6 rings (SSSR count). The molecule has 0 saturated carbocycles. The lowest BCUT2D eigenvalue weighted by atomic mass is 9.92. The molecule has 2 aromatic carbocycles. The zero-order valence-corrected chi connectivity index (χ0v) is 21.0. The standard InChI is InChI=1S/C27H34N4S2/c1-3-9-25-23(7-1)28-27(33-25)30-18-11-21(12-19-30)6-5-15-29-16-13-22(14-17-29)31-20-32-26-10-4-2-8-24(26)31/h1-4,7-10,21-22H,5-6,11-20H2. The van der Waals surface area contributed by atoms with Gasteiger partial charge in [-0.05, 0) is 75.3 Å². The highest BCUT2D eigenvalue weighted by Gasteiger charge is 2.29. The van der Waals surface area contributed by atoms with Crippen molar-refractivity contribution >= 4 is 44.1 Å². The molecule has 0 spiro atoms. The van der Waals surface area contributed by atoms with Gasteiger partial charge in [-0.1, -0.05) is 35.6 Å². The van der Waals surface area contributed by atoms with Gasteiger partial charge in [-0.15, -0.1) is 11.8 Å². The Bertz CT molecular complexity index is 1030. The molecular formula is C27H34N4S2. The van der Waals surface area contributed by atoms with Gasteiger partial charge in [0, 0.05) is 37.1 Å². The van der Waals surface area contributed by atoms with Crippen LogP contribution in [0, 0.1) is 5.92 Å². The lowest BCUT2D eigenvalue weighted by Gasteiger charge is -2.38. The molecule has 4 heterocycles. The zero-order valence-electron chi connectivity index (χ0n) is 19.4. The predicted molar refractivity (Wildman–Crippen MR) is 143 cm³/mol. The molecule has 174 valence electrons. The zero-order chi connectivity index (χ0) is 22.0. The Balaban J connectivity index is 0.916. The summed E-state index contributed by atoms with van der Waals surface area (Å²) in [6.45, 7) is 6.17.